The van der Waals surface area contributed by atoms with Crippen LogP contribution in [-0.4, -0.2) is 37.1 Å². The van der Waals surface area contributed by atoms with Gasteiger partial charge in [-0.15, -0.1) is 0 Å². The first kappa shape index (κ1) is 16.8. The second-order valence-corrected chi connectivity index (χ2v) is 5.63. The second kappa shape index (κ2) is 6.71. The molecule has 118 valence electrons. The number of ether oxygens (including phenoxy) is 1. The van der Waals surface area contributed by atoms with Gasteiger partial charge in [-0.1, -0.05) is 29.3 Å². The molecule has 0 radical (unpaired) electrons. The molecule has 0 aliphatic carbocycles. The van der Waals surface area contributed by atoms with Crippen LogP contribution in [0.3, 0.4) is 0 Å². The number of benzene rings is 1. The maximum Gasteiger partial charge on any atom is 0.414 e. The summed E-state index contributed by atoms with van der Waals surface area (Å²) in [7, 11) is 0. The molecular formula is C13H14Cl2F3NO2. The predicted molar refractivity (Wildman–Crippen MR) is 73.6 cm³/mol. The Hall–Kier alpha value is -0.530. The van der Waals surface area contributed by atoms with Crippen LogP contribution in [0.5, 0.6) is 0 Å². The third-order valence-electron chi connectivity index (χ3n) is 3.36. The molecule has 2 rings (SSSR count). The highest BCUT2D eigenvalue weighted by Gasteiger charge is 2.47. The van der Waals surface area contributed by atoms with E-state index in [2.05, 4.69) is 5.32 Å². The Labute approximate surface area is 130 Å². The van der Waals surface area contributed by atoms with E-state index in [4.69, 9.17) is 27.9 Å². The zero-order chi connectivity index (χ0) is 15.6. The average Bonchev–Trinajstić information content (AvgIpc) is 2.65. The summed E-state index contributed by atoms with van der Waals surface area (Å²) in [5.74, 6) is -1.16. The lowest BCUT2D eigenvalue weighted by atomic mass is 9.90. The highest BCUT2D eigenvalue weighted by atomic mass is 35.5. The Morgan fingerprint density at radius 2 is 2.00 bits per heavy atom. The Morgan fingerprint density at radius 3 is 2.62 bits per heavy atom. The lowest BCUT2D eigenvalue weighted by molar-refractivity contribution is -0.229. The summed E-state index contributed by atoms with van der Waals surface area (Å²) < 4.78 is 43.9. The second-order valence-electron chi connectivity index (χ2n) is 4.82. The summed E-state index contributed by atoms with van der Waals surface area (Å²) in [6, 6.07) is 4.52. The molecular weight excluding hydrogens is 330 g/mol. The normalized spacial score (nSPS) is 25.4. The van der Waals surface area contributed by atoms with E-state index in [1.165, 1.54) is 12.1 Å². The molecule has 3 nitrogen and oxygen atoms in total. The average molecular weight is 344 g/mol. The zero-order valence-corrected chi connectivity index (χ0v) is 12.3. The van der Waals surface area contributed by atoms with Gasteiger partial charge < -0.3 is 15.2 Å². The maximum absolute atomic E-state index is 12.8. The van der Waals surface area contributed by atoms with E-state index in [-0.39, 0.29) is 18.2 Å². The van der Waals surface area contributed by atoms with E-state index in [1.807, 2.05) is 0 Å². The number of hydrogen-bond acceptors (Lipinski definition) is 3. The molecule has 1 saturated heterocycles. The molecule has 1 unspecified atom stereocenters. The van der Waals surface area contributed by atoms with E-state index in [0.29, 0.717) is 17.1 Å². The van der Waals surface area contributed by atoms with E-state index in [1.54, 1.807) is 6.07 Å². The molecule has 2 N–H and O–H groups in total. The molecule has 1 heterocycles. The molecule has 1 aromatic carbocycles. The molecule has 0 saturated carbocycles. The van der Waals surface area contributed by atoms with Gasteiger partial charge in [0.2, 0.25) is 0 Å². The van der Waals surface area contributed by atoms with Crippen LogP contribution in [0.2, 0.25) is 10.0 Å². The van der Waals surface area contributed by atoms with Gasteiger partial charge in [0.15, 0.2) is 6.10 Å². The van der Waals surface area contributed by atoms with Crippen LogP contribution < -0.4 is 5.32 Å². The van der Waals surface area contributed by atoms with Crippen molar-refractivity contribution in [2.45, 2.75) is 18.4 Å². The van der Waals surface area contributed by atoms with E-state index in [0.717, 1.165) is 0 Å². The SMILES string of the molecule is OC([C@@H]1CNCCO[C@H]1c1ccc(Cl)c(Cl)c1)C(F)(F)F. The number of hydrogen-bond donors (Lipinski definition) is 2. The van der Waals surface area contributed by atoms with E-state index >= 15 is 0 Å². The molecule has 1 aliphatic rings. The zero-order valence-electron chi connectivity index (χ0n) is 10.8. The molecule has 8 heteroatoms. The van der Waals surface area contributed by atoms with Crippen LogP contribution >= 0.6 is 23.2 Å². The van der Waals surface area contributed by atoms with Gasteiger partial charge in [0.1, 0.15) is 0 Å². The van der Waals surface area contributed by atoms with Gasteiger partial charge in [-0.3, -0.25) is 0 Å². The smallest absolute Gasteiger partial charge is 0.383 e. The number of aliphatic hydroxyl groups is 1. The summed E-state index contributed by atoms with van der Waals surface area (Å²) >= 11 is 11.7. The fourth-order valence-corrected chi connectivity index (χ4v) is 2.62. The van der Waals surface area contributed by atoms with Crippen molar-refractivity contribution in [2.75, 3.05) is 19.7 Å². The van der Waals surface area contributed by atoms with Crippen LogP contribution in [0.15, 0.2) is 18.2 Å². The summed E-state index contributed by atoms with van der Waals surface area (Å²) in [5, 5.41) is 13.0. The topological polar surface area (TPSA) is 41.5 Å². The first-order valence-corrected chi connectivity index (χ1v) is 7.08. The van der Waals surface area contributed by atoms with Crippen molar-refractivity contribution >= 4 is 23.2 Å². The predicted octanol–water partition coefficient (Wildman–Crippen LogP) is 3.19. The third-order valence-corrected chi connectivity index (χ3v) is 4.10. The maximum atomic E-state index is 12.8. The van der Waals surface area contributed by atoms with Crippen molar-refractivity contribution in [1.82, 2.24) is 5.32 Å². The van der Waals surface area contributed by atoms with Gasteiger partial charge in [-0.25, -0.2) is 0 Å². The monoisotopic (exact) mass is 343 g/mol. The number of nitrogens with one attached hydrogen (secondary N) is 1. The van der Waals surface area contributed by atoms with Gasteiger partial charge in [0.05, 0.1) is 22.8 Å². The van der Waals surface area contributed by atoms with Crippen molar-refractivity contribution in [3.63, 3.8) is 0 Å². The van der Waals surface area contributed by atoms with Gasteiger partial charge in [0.25, 0.3) is 0 Å². The summed E-state index contributed by atoms with van der Waals surface area (Å²) in [6.45, 7) is 0.649. The molecule has 1 fully saturated rings. The quantitative estimate of drug-likeness (QED) is 0.866. The fraction of sp³-hybridized carbons (Fsp3) is 0.538. The van der Waals surface area contributed by atoms with Crippen molar-refractivity contribution in [1.29, 1.82) is 0 Å². The lowest BCUT2D eigenvalue weighted by Crippen LogP contribution is -2.43. The summed E-state index contributed by atoms with van der Waals surface area (Å²) in [5.41, 5.74) is 0.460. The third kappa shape index (κ3) is 4.02. The Bertz CT molecular complexity index is 499. The van der Waals surface area contributed by atoms with Crippen molar-refractivity contribution in [2.24, 2.45) is 5.92 Å². The van der Waals surface area contributed by atoms with Gasteiger partial charge in [0, 0.05) is 19.0 Å². The highest BCUT2D eigenvalue weighted by molar-refractivity contribution is 6.42. The number of alkyl halides is 3. The van der Waals surface area contributed by atoms with Crippen LogP contribution in [0.1, 0.15) is 11.7 Å². The Balaban J connectivity index is 2.33. The standard InChI is InChI=1S/C13H14Cl2F3NO2/c14-9-2-1-7(5-10(9)15)11-8(6-19-3-4-21-11)12(20)13(16,17)18/h1-2,5,8,11-12,19-20H,3-4,6H2/t8-,11+,12?/m1/s1. The largest absolute Gasteiger partial charge is 0.414 e. The lowest BCUT2D eigenvalue weighted by Gasteiger charge is -2.30. The first-order valence-electron chi connectivity index (χ1n) is 6.32. The number of rotatable bonds is 2. The minimum Gasteiger partial charge on any atom is -0.383 e. The fourth-order valence-electron chi connectivity index (χ4n) is 2.31. The minimum absolute atomic E-state index is 0.00834. The van der Waals surface area contributed by atoms with Crippen molar-refractivity contribution in [3.8, 4) is 0 Å². The molecule has 21 heavy (non-hydrogen) atoms. The molecule has 1 aromatic rings. The first-order chi connectivity index (χ1) is 9.80. The highest BCUT2D eigenvalue weighted by Crippen LogP contribution is 2.37. The van der Waals surface area contributed by atoms with E-state index < -0.39 is 24.3 Å². The van der Waals surface area contributed by atoms with Crippen LogP contribution in [-0.2, 0) is 4.74 Å². The summed E-state index contributed by atoms with van der Waals surface area (Å²) in [6.07, 6.45) is -8.11. The van der Waals surface area contributed by atoms with Crippen LogP contribution in [0.25, 0.3) is 0 Å². The van der Waals surface area contributed by atoms with Crippen molar-refractivity contribution in [3.05, 3.63) is 33.8 Å². The van der Waals surface area contributed by atoms with Crippen LogP contribution in [0, 0.1) is 5.92 Å². The van der Waals surface area contributed by atoms with Crippen molar-refractivity contribution < 1.29 is 23.0 Å². The number of halogens is 5. The molecule has 0 bridgehead atoms. The molecule has 1 aliphatic heterocycles. The molecule has 3 atom stereocenters. The van der Waals surface area contributed by atoms with Gasteiger partial charge in [-0.2, -0.15) is 13.2 Å². The molecule has 0 amide bonds. The molecule has 0 aromatic heterocycles. The van der Waals surface area contributed by atoms with Gasteiger partial charge >= 0.3 is 6.18 Å². The van der Waals surface area contributed by atoms with E-state index in [9.17, 15) is 18.3 Å². The number of aliphatic hydroxyl groups excluding tert-OH is 1. The van der Waals surface area contributed by atoms with Crippen LogP contribution in [0.4, 0.5) is 13.2 Å². The Morgan fingerprint density at radius 1 is 1.29 bits per heavy atom. The minimum atomic E-state index is -4.71. The van der Waals surface area contributed by atoms with Gasteiger partial charge in [-0.05, 0) is 17.7 Å². The summed E-state index contributed by atoms with van der Waals surface area (Å²) in [4.78, 5) is 0. The Kier molecular flexibility index (Phi) is 5.38. The molecule has 0 spiro atoms.